The number of rotatable bonds is 6. The zero-order valence-electron chi connectivity index (χ0n) is 11.7. The Bertz CT molecular complexity index is 719. The molecule has 123 valence electrons. The van der Waals surface area contributed by atoms with Crippen LogP contribution in [0, 0.1) is 6.07 Å². The van der Waals surface area contributed by atoms with Crippen molar-refractivity contribution in [1.29, 1.82) is 0 Å². The summed E-state index contributed by atoms with van der Waals surface area (Å²) in [5.74, 6) is 1.37. The van der Waals surface area contributed by atoms with Crippen molar-refractivity contribution in [2.75, 3.05) is 0 Å². The van der Waals surface area contributed by atoms with Gasteiger partial charge in [-0.15, -0.1) is 0 Å². The highest BCUT2D eigenvalue weighted by Crippen LogP contribution is 2.59. The normalized spacial score (nSPS) is 12.4. The molecular formula is C15H13BrF2O3PS. The van der Waals surface area contributed by atoms with E-state index in [1.54, 1.807) is 11.8 Å². The van der Waals surface area contributed by atoms with Gasteiger partial charge in [0.2, 0.25) is 0 Å². The molecule has 0 aliphatic heterocycles. The van der Waals surface area contributed by atoms with Gasteiger partial charge in [0.05, 0.1) is 0 Å². The molecule has 0 fully saturated rings. The van der Waals surface area contributed by atoms with Crippen molar-refractivity contribution in [3.63, 3.8) is 0 Å². The Morgan fingerprint density at radius 3 is 2.30 bits per heavy atom. The zero-order valence-corrected chi connectivity index (χ0v) is 15.0. The molecule has 23 heavy (non-hydrogen) atoms. The van der Waals surface area contributed by atoms with Crippen molar-refractivity contribution >= 4 is 35.3 Å². The first kappa shape index (κ1) is 18.6. The van der Waals surface area contributed by atoms with Gasteiger partial charge in [-0.2, -0.15) is 20.5 Å². The highest BCUT2D eigenvalue weighted by atomic mass is 79.9. The Balaban J connectivity index is 1.97. The van der Waals surface area contributed by atoms with Crippen molar-refractivity contribution in [2.45, 2.75) is 17.2 Å². The summed E-state index contributed by atoms with van der Waals surface area (Å²) in [7, 11) is -5.52. The lowest BCUT2D eigenvalue weighted by molar-refractivity contribution is 0.0564. The second-order valence-electron chi connectivity index (χ2n) is 4.82. The van der Waals surface area contributed by atoms with E-state index >= 15 is 0 Å². The lowest BCUT2D eigenvalue weighted by Gasteiger charge is -2.18. The summed E-state index contributed by atoms with van der Waals surface area (Å²) >= 11 is 4.95. The summed E-state index contributed by atoms with van der Waals surface area (Å²) in [4.78, 5) is 17.4. The fourth-order valence-corrected chi connectivity index (χ4v) is 3.68. The molecule has 0 aliphatic carbocycles. The quantitative estimate of drug-likeness (QED) is 0.650. The van der Waals surface area contributed by atoms with Gasteiger partial charge in [-0.3, -0.25) is 4.57 Å². The SMILES string of the molecule is O=P(O)(O)C(F)(F)c1ccc(CSCc2cc[c]c(Br)c2)cc1. The monoisotopic (exact) mass is 421 g/mol. The largest absolute Gasteiger partial charge is 0.399 e. The molecule has 0 saturated heterocycles. The van der Waals surface area contributed by atoms with Gasteiger partial charge in [0.1, 0.15) is 0 Å². The molecular weight excluding hydrogens is 409 g/mol. The molecule has 0 aromatic heterocycles. The third-order valence-electron chi connectivity index (χ3n) is 3.04. The number of hydrogen-bond acceptors (Lipinski definition) is 2. The summed E-state index contributed by atoms with van der Waals surface area (Å²) in [6.07, 6.45) is 0. The Labute approximate surface area is 145 Å². The maximum Gasteiger partial charge on any atom is 0.399 e. The Morgan fingerprint density at radius 2 is 1.74 bits per heavy atom. The van der Waals surface area contributed by atoms with Crippen LogP contribution in [0.2, 0.25) is 0 Å². The average molecular weight is 422 g/mol. The van der Waals surface area contributed by atoms with Gasteiger partial charge < -0.3 is 9.79 Å². The van der Waals surface area contributed by atoms with E-state index < -0.39 is 18.8 Å². The number of halogens is 3. The van der Waals surface area contributed by atoms with Gasteiger partial charge in [0.15, 0.2) is 0 Å². The van der Waals surface area contributed by atoms with E-state index in [1.807, 2.05) is 18.2 Å². The molecule has 0 atom stereocenters. The molecule has 0 saturated carbocycles. The fourth-order valence-electron chi connectivity index (χ4n) is 1.83. The molecule has 8 heteroatoms. The first-order valence-corrected chi connectivity index (χ1v) is 10.0. The second-order valence-corrected chi connectivity index (χ2v) is 8.31. The Hall–Kier alpha value is -0.720. The van der Waals surface area contributed by atoms with Crippen LogP contribution in [0.4, 0.5) is 8.78 Å². The highest BCUT2D eigenvalue weighted by Gasteiger charge is 2.50. The van der Waals surface area contributed by atoms with E-state index in [9.17, 15) is 13.3 Å². The number of thioether (sulfide) groups is 1. The van der Waals surface area contributed by atoms with Gasteiger partial charge in [-0.1, -0.05) is 52.3 Å². The summed E-state index contributed by atoms with van der Waals surface area (Å²) in [5.41, 5.74) is -2.92. The van der Waals surface area contributed by atoms with E-state index in [2.05, 4.69) is 22.0 Å². The summed E-state index contributed by atoms with van der Waals surface area (Å²) < 4.78 is 38.8. The van der Waals surface area contributed by atoms with E-state index in [0.717, 1.165) is 33.5 Å². The van der Waals surface area contributed by atoms with Crippen molar-refractivity contribution in [3.8, 4) is 0 Å². The molecule has 2 aromatic rings. The topological polar surface area (TPSA) is 57.5 Å². The van der Waals surface area contributed by atoms with Crippen LogP contribution in [-0.2, 0) is 21.7 Å². The molecule has 0 aliphatic rings. The maximum atomic E-state index is 13.5. The van der Waals surface area contributed by atoms with Crippen LogP contribution in [0.3, 0.4) is 0 Å². The van der Waals surface area contributed by atoms with Crippen LogP contribution in [0.1, 0.15) is 16.7 Å². The third kappa shape index (κ3) is 4.88. The van der Waals surface area contributed by atoms with Gasteiger partial charge in [0.25, 0.3) is 0 Å². The van der Waals surface area contributed by atoms with Crippen molar-refractivity contribution < 1.29 is 23.1 Å². The van der Waals surface area contributed by atoms with Gasteiger partial charge in [-0.05, 0) is 23.3 Å². The summed E-state index contributed by atoms with van der Waals surface area (Å²) in [6, 6.07) is 13.7. The smallest absolute Gasteiger partial charge is 0.320 e. The minimum absolute atomic E-state index is 0.609. The average Bonchev–Trinajstić information content (AvgIpc) is 2.47. The van der Waals surface area contributed by atoms with Gasteiger partial charge in [-0.25, -0.2) is 0 Å². The van der Waals surface area contributed by atoms with Crippen molar-refractivity contribution in [1.82, 2.24) is 0 Å². The zero-order chi connectivity index (χ0) is 17.1. The highest BCUT2D eigenvalue weighted by molar-refractivity contribution is 9.10. The first-order chi connectivity index (χ1) is 10.7. The Kier molecular flexibility index (Phi) is 6.03. The maximum absolute atomic E-state index is 13.5. The lowest BCUT2D eigenvalue weighted by Crippen LogP contribution is -2.13. The first-order valence-electron chi connectivity index (χ1n) is 6.47. The van der Waals surface area contributed by atoms with Crippen LogP contribution in [-0.4, -0.2) is 9.79 Å². The molecule has 2 aromatic carbocycles. The van der Waals surface area contributed by atoms with Crippen molar-refractivity contribution in [2.24, 2.45) is 0 Å². The number of hydrogen-bond donors (Lipinski definition) is 2. The molecule has 2 N–H and O–H groups in total. The molecule has 0 unspecified atom stereocenters. The van der Waals surface area contributed by atoms with Crippen LogP contribution < -0.4 is 0 Å². The lowest BCUT2D eigenvalue weighted by atomic mass is 10.1. The predicted octanol–water partition coefficient (Wildman–Crippen LogP) is 4.91. The summed E-state index contributed by atoms with van der Waals surface area (Å²) in [6.45, 7) is 0. The molecule has 0 heterocycles. The standard InChI is InChI=1S/C15H13BrF2O3PS/c16-14-3-1-2-12(8-14)10-23-9-11-4-6-13(7-5-11)15(17,18)22(19,20)21/h1-2,4-8H,9-10H2,(H2,19,20,21). The molecule has 0 spiro atoms. The minimum Gasteiger partial charge on any atom is -0.320 e. The van der Waals surface area contributed by atoms with Crippen LogP contribution in [0.15, 0.2) is 46.9 Å². The Morgan fingerprint density at radius 1 is 1.13 bits per heavy atom. The van der Waals surface area contributed by atoms with Crippen LogP contribution in [0.5, 0.6) is 0 Å². The van der Waals surface area contributed by atoms with Crippen molar-refractivity contribution in [3.05, 3.63) is 69.7 Å². The van der Waals surface area contributed by atoms with Crippen LogP contribution in [0.25, 0.3) is 0 Å². The molecule has 0 bridgehead atoms. The summed E-state index contributed by atoms with van der Waals surface area (Å²) in [5, 5.41) is 0. The fraction of sp³-hybridized carbons (Fsp3) is 0.200. The third-order valence-corrected chi connectivity index (χ3v) is 5.56. The second kappa shape index (κ2) is 7.45. The molecule has 0 amide bonds. The molecule has 1 radical (unpaired) electrons. The predicted molar refractivity (Wildman–Crippen MR) is 90.4 cm³/mol. The number of alkyl halides is 2. The molecule has 3 nitrogen and oxygen atoms in total. The van der Waals surface area contributed by atoms with Crippen LogP contribution >= 0.6 is 35.3 Å². The number of benzene rings is 2. The minimum atomic E-state index is -5.52. The molecule has 2 rings (SSSR count). The van der Waals surface area contributed by atoms with E-state index in [4.69, 9.17) is 9.79 Å². The van der Waals surface area contributed by atoms with E-state index in [-0.39, 0.29) is 0 Å². The van der Waals surface area contributed by atoms with E-state index in [1.165, 1.54) is 12.1 Å². The van der Waals surface area contributed by atoms with E-state index in [0.29, 0.717) is 5.75 Å². The van der Waals surface area contributed by atoms with Gasteiger partial charge in [0, 0.05) is 21.5 Å². The van der Waals surface area contributed by atoms with Gasteiger partial charge >= 0.3 is 13.3 Å².